The molecular weight excluding hydrogens is 258 g/mol. The van der Waals surface area contributed by atoms with E-state index < -0.39 is 0 Å². The summed E-state index contributed by atoms with van der Waals surface area (Å²) in [6.45, 7) is 2.88. The SMILES string of the molecule is CN1CCC=C(c2nsnc2OCC2CCCC2)C1. The minimum atomic E-state index is 0.720. The molecule has 19 heavy (non-hydrogen) atoms. The summed E-state index contributed by atoms with van der Waals surface area (Å²) in [5.74, 6) is 1.47. The lowest BCUT2D eigenvalue weighted by Crippen LogP contribution is -2.25. The molecule has 0 saturated heterocycles. The Morgan fingerprint density at radius 2 is 2.21 bits per heavy atom. The lowest BCUT2D eigenvalue weighted by Gasteiger charge is -2.22. The first kappa shape index (κ1) is 13.1. The Hall–Kier alpha value is -0.940. The van der Waals surface area contributed by atoms with Gasteiger partial charge < -0.3 is 9.64 Å². The second-order valence-corrected chi connectivity index (χ2v) is 6.16. The molecule has 0 spiro atoms. The van der Waals surface area contributed by atoms with Crippen molar-refractivity contribution in [3.05, 3.63) is 11.8 Å². The van der Waals surface area contributed by atoms with Gasteiger partial charge in [-0.05, 0) is 37.8 Å². The molecule has 0 atom stereocenters. The second-order valence-electron chi connectivity index (χ2n) is 5.64. The Bertz CT molecular complexity index is 451. The molecule has 1 aromatic rings. The van der Waals surface area contributed by atoms with Gasteiger partial charge in [0.15, 0.2) is 0 Å². The first-order chi connectivity index (χ1) is 9.33. The van der Waals surface area contributed by atoms with E-state index in [1.54, 1.807) is 0 Å². The Balaban J connectivity index is 1.66. The van der Waals surface area contributed by atoms with E-state index in [4.69, 9.17) is 4.74 Å². The van der Waals surface area contributed by atoms with Gasteiger partial charge in [-0.25, -0.2) is 0 Å². The third-order valence-electron chi connectivity index (χ3n) is 4.03. The fourth-order valence-electron chi connectivity index (χ4n) is 2.91. The number of ether oxygens (including phenoxy) is 1. The fraction of sp³-hybridized carbons (Fsp3) is 0.714. The Labute approximate surface area is 118 Å². The number of hydrogen-bond acceptors (Lipinski definition) is 5. The lowest BCUT2D eigenvalue weighted by atomic mass is 10.1. The molecule has 1 aliphatic carbocycles. The molecule has 0 unspecified atom stereocenters. The van der Waals surface area contributed by atoms with E-state index in [1.807, 2.05) is 0 Å². The number of hydrogen-bond donors (Lipinski definition) is 0. The van der Waals surface area contributed by atoms with Crippen molar-refractivity contribution in [2.75, 3.05) is 26.7 Å². The second kappa shape index (κ2) is 6.01. The summed E-state index contributed by atoms with van der Waals surface area (Å²) >= 11 is 1.26. The molecule has 2 heterocycles. The summed E-state index contributed by atoms with van der Waals surface area (Å²) in [4.78, 5) is 2.31. The molecule has 1 aromatic heterocycles. The van der Waals surface area contributed by atoms with Crippen LogP contribution in [0, 0.1) is 5.92 Å². The molecule has 0 bridgehead atoms. The van der Waals surface area contributed by atoms with Crippen LogP contribution >= 0.6 is 11.7 Å². The highest BCUT2D eigenvalue weighted by atomic mass is 32.1. The van der Waals surface area contributed by atoms with E-state index in [9.17, 15) is 0 Å². The summed E-state index contributed by atoms with van der Waals surface area (Å²) in [7, 11) is 2.14. The van der Waals surface area contributed by atoms with Crippen LogP contribution in [0.15, 0.2) is 6.08 Å². The average Bonchev–Trinajstić information content (AvgIpc) is 3.08. The number of nitrogens with zero attached hydrogens (tertiary/aromatic N) is 3. The van der Waals surface area contributed by atoms with Gasteiger partial charge in [-0.2, -0.15) is 4.37 Å². The minimum Gasteiger partial charge on any atom is -0.475 e. The van der Waals surface area contributed by atoms with Crippen molar-refractivity contribution in [1.29, 1.82) is 0 Å². The highest BCUT2D eigenvalue weighted by molar-refractivity contribution is 6.99. The van der Waals surface area contributed by atoms with E-state index in [1.165, 1.54) is 43.0 Å². The van der Waals surface area contributed by atoms with E-state index in [0.29, 0.717) is 0 Å². The zero-order valence-corrected chi connectivity index (χ0v) is 12.3. The largest absolute Gasteiger partial charge is 0.475 e. The van der Waals surface area contributed by atoms with Crippen molar-refractivity contribution in [3.8, 4) is 5.88 Å². The van der Waals surface area contributed by atoms with Gasteiger partial charge >= 0.3 is 0 Å². The highest BCUT2D eigenvalue weighted by Crippen LogP contribution is 2.29. The van der Waals surface area contributed by atoms with Gasteiger partial charge in [0.05, 0.1) is 18.3 Å². The molecule has 0 aromatic carbocycles. The highest BCUT2D eigenvalue weighted by Gasteiger charge is 2.21. The smallest absolute Gasteiger partial charge is 0.253 e. The summed E-state index contributed by atoms with van der Waals surface area (Å²) in [5, 5.41) is 0. The minimum absolute atomic E-state index is 0.720. The van der Waals surface area contributed by atoms with Crippen molar-refractivity contribution in [1.82, 2.24) is 13.6 Å². The topological polar surface area (TPSA) is 38.2 Å². The van der Waals surface area contributed by atoms with Gasteiger partial charge in [0.25, 0.3) is 5.88 Å². The first-order valence-corrected chi connectivity index (χ1v) is 7.89. The predicted octanol–water partition coefficient (Wildman–Crippen LogP) is 2.83. The molecule has 5 heteroatoms. The van der Waals surface area contributed by atoms with Crippen LogP contribution in [-0.2, 0) is 0 Å². The van der Waals surface area contributed by atoms with Crippen LogP contribution in [0.25, 0.3) is 5.57 Å². The van der Waals surface area contributed by atoms with E-state index >= 15 is 0 Å². The molecule has 2 aliphatic rings. The number of likely N-dealkylation sites (N-methyl/N-ethyl adjacent to an activating group) is 1. The van der Waals surface area contributed by atoms with Gasteiger partial charge in [0.2, 0.25) is 0 Å². The molecule has 1 aliphatic heterocycles. The van der Waals surface area contributed by atoms with Crippen LogP contribution < -0.4 is 4.74 Å². The van der Waals surface area contributed by atoms with E-state index in [-0.39, 0.29) is 0 Å². The van der Waals surface area contributed by atoms with Crippen LogP contribution in [0.2, 0.25) is 0 Å². The molecule has 0 amide bonds. The number of rotatable bonds is 4. The van der Waals surface area contributed by atoms with Crippen LogP contribution in [0.5, 0.6) is 5.88 Å². The quantitative estimate of drug-likeness (QED) is 0.849. The van der Waals surface area contributed by atoms with E-state index in [0.717, 1.165) is 43.6 Å². The van der Waals surface area contributed by atoms with Crippen molar-refractivity contribution in [3.63, 3.8) is 0 Å². The maximum atomic E-state index is 5.93. The van der Waals surface area contributed by atoms with Gasteiger partial charge in [-0.1, -0.05) is 18.9 Å². The van der Waals surface area contributed by atoms with Gasteiger partial charge in [-0.15, -0.1) is 4.37 Å². The number of aromatic nitrogens is 2. The molecule has 104 valence electrons. The monoisotopic (exact) mass is 279 g/mol. The predicted molar refractivity (Wildman–Crippen MR) is 77.5 cm³/mol. The zero-order chi connectivity index (χ0) is 13.1. The molecule has 1 saturated carbocycles. The third-order valence-corrected chi connectivity index (χ3v) is 4.55. The van der Waals surface area contributed by atoms with Crippen molar-refractivity contribution in [2.24, 2.45) is 5.92 Å². The summed E-state index contributed by atoms with van der Waals surface area (Å²) in [6, 6.07) is 0. The van der Waals surface area contributed by atoms with E-state index in [2.05, 4.69) is 26.8 Å². The van der Waals surface area contributed by atoms with Gasteiger partial charge in [0, 0.05) is 13.1 Å². The van der Waals surface area contributed by atoms with Crippen molar-refractivity contribution >= 4 is 17.3 Å². The van der Waals surface area contributed by atoms with Crippen LogP contribution in [-0.4, -0.2) is 40.4 Å². The Morgan fingerprint density at radius 3 is 3.00 bits per heavy atom. The first-order valence-electron chi connectivity index (χ1n) is 7.16. The van der Waals surface area contributed by atoms with Crippen molar-refractivity contribution in [2.45, 2.75) is 32.1 Å². The van der Waals surface area contributed by atoms with Crippen LogP contribution in [0.1, 0.15) is 37.8 Å². The zero-order valence-electron chi connectivity index (χ0n) is 11.5. The van der Waals surface area contributed by atoms with Crippen LogP contribution in [0.3, 0.4) is 0 Å². The van der Waals surface area contributed by atoms with Gasteiger partial charge in [0.1, 0.15) is 5.69 Å². The third kappa shape index (κ3) is 3.15. The molecule has 4 nitrogen and oxygen atoms in total. The van der Waals surface area contributed by atoms with Crippen molar-refractivity contribution < 1.29 is 4.74 Å². The maximum absolute atomic E-state index is 5.93. The summed E-state index contributed by atoms with van der Waals surface area (Å²) in [6.07, 6.45) is 8.68. The lowest BCUT2D eigenvalue weighted by molar-refractivity contribution is 0.244. The molecule has 0 N–H and O–H groups in total. The summed E-state index contributed by atoms with van der Waals surface area (Å²) in [5.41, 5.74) is 2.23. The molecule has 0 radical (unpaired) electrons. The standard InChI is InChI=1S/C14H21N3OS/c1-17-8-4-7-12(9-17)13-14(16-19-15-13)18-10-11-5-2-3-6-11/h7,11H,2-6,8-10H2,1H3. The molecule has 1 fully saturated rings. The molecule has 3 rings (SSSR count). The van der Waals surface area contributed by atoms with Gasteiger partial charge in [-0.3, -0.25) is 0 Å². The Kier molecular flexibility index (Phi) is 4.13. The normalized spacial score (nSPS) is 21.6. The molecular formula is C14H21N3OS. The average molecular weight is 279 g/mol. The maximum Gasteiger partial charge on any atom is 0.253 e. The van der Waals surface area contributed by atoms with Crippen LogP contribution in [0.4, 0.5) is 0 Å². The Morgan fingerprint density at radius 1 is 1.37 bits per heavy atom. The summed E-state index contributed by atoms with van der Waals surface area (Å²) < 4.78 is 14.7. The fourth-order valence-corrected chi connectivity index (χ4v) is 3.44.